The number of nitrogens with zero attached hydrogens (tertiary/aromatic N) is 1. The molecule has 3 aromatic rings. The quantitative estimate of drug-likeness (QED) is 0.508. The largest absolute Gasteiger partial charge is 0.497 e. The first kappa shape index (κ1) is 21.0. The topological polar surface area (TPSA) is 55.8 Å². The summed E-state index contributed by atoms with van der Waals surface area (Å²) in [5, 5.41) is 0.525. The van der Waals surface area contributed by atoms with Crippen LogP contribution < -0.4 is 13.8 Å². The van der Waals surface area contributed by atoms with Crippen LogP contribution in [0.2, 0.25) is 5.02 Å². The molecule has 0 aliphatic carbocycles. The summed E-state index contributed by atoms with van der Waals surface area (Å²) in [4.78, 5) is 0.198. The van der Waals surface area contributed by atoms with E-state index < -0.39 is 16.1 Å². The van der Waals surface area contributed by atoms with Crippen molar-refractivity contribution in [2.24, 2.45) is 0 Å². The maximum Gasteiger partial charge on any atom is 0.264 e. The van der Waals surface area contributed by atoms with Crippen molar-refractivity contribution in [2.45, 2.75) is 17.9 Å². The molecule has 0 N–H and O–H groups in total. The molecule has 1 atom stereocenters. The van der Waals surface area contributed by atoms with E-state index in [1.807, 2.05) is 6.92 Å². The molecule has 7 heteroatoms. The highest BCUT2D eigenvalue weighted by Gasteiger charge is 2.32. The molecule has 152 valence electrons. The molecule has 0 bridgehead atoms. The van der Waals surface area contributed by atoms with Gasteiger partial charge in [0.05, 0.1) is 30.8 Å². The number of hydrogen-bond acceptors (Lipinski definition) is 4. The van der Waals surface area contributed by atoms with Gasteiger partial charge in [-0.25, -0.2) is 8.42 Å². The van der Waals surface area contributed by atoms with E-state index in [4.69, 9.17) is 21.1 Å². The predicted molar refractivity (Wildman–Crippen MR) is 116 cm³/mol. The average molecular weight is 432 g/mol. The van der Waals surface area contributed by atoms with Gasteiger partial charge in [0.15, 0.2) is 0 Å². The van der Waals surface area contributed by atoms with E-state index in [1.165, 1.54) is 4.31 Å². The zero-order valence-corrected chi connectivity index (χ0v) is 17.9. The minimum absolute atomic E-state index is 0.198. The van der Waals surface area contributed by atoms with Gasteiger partial charge in [0, 0.05) is 10.6 Å². The summed E-state index contributed by atoms with van der Waals surface area (Å²) >= 11 is 6.03. The molecular formula is C22H22ClNO4S. The van der Waals surface area contributed by atoms with Crippen LogP contribution in [0.4, 0.5) is 5.69 Å². The van der Waals surface area contributed by atoms with Crippen LogP contribution in [0.15, 0.2) is 77.7 Å². The number of anilines is 1. The van der Waals surface area contributed by atoms with E-state index >= 15 is 0 Å². The Kier molecular flexibility index (Phi) is 6.35. The Bertz CT molecular complexity index is 1070. The molecule has 0 fully saturated rings. The second-order valence-corrected chi connectivity index (χ2v) is 8.63. The normalized spacial score (nSPS) is 12.3. The van der Waals surface area contributed by atoms with Gasteiger partial charge in [0.1, 0.15) is 11.5 Å². The van der Waals surface area contributed by atoms with Crippen molar-refractivity contribution in [1.29, 1.82) is 0 Å². The standard InChI is InChI=1S/C22H22ClNO4S/c1-16(21-15-19(27-2)13-14-22(21)28-3)24(18-11-9-17(23)10-12-18)29(25,26)20-7-5-4-6-8-20/h4-16H,1-3H3/t16-/m1/s1. The third kappa shape index (κ3) is 4.33. The van der Waals surface area contributed by atoms with Crippen LogP contribution in [0.25, 0.3) is 0 Å². The molecule has 3 rings (SSSR count). The summed E-state index contributed by atoms with van der Waals surface area (Å²) in [5.41, 5.74) is 1.18. The summed E-state index contributed by atoms with van der Waals surface area (Å²) in [6.07, 6.45) is 0. The van der Waals surface area contributed by atoms with E-state index in [0.29, 0.717) is 27.8 Å². The fraction of sp³-hybridized carbons (Fsp3) is 0.182. The van der Waals surface area contributed by atoms with Gasteiger partial charge in [-0.2, -0.15) is 0 Å². The molecule has 29 heavy (non-hydrogen) atoms. The summed E-state index contributed by atoms with van der Waals surface area (Å²) in [6.45, 7) is 1.81. The second-order valence-electron chi connectivity index (χ2n) is 6.37. The molecule has 3 aromatic carbocycles. The van der Waals surface area contributed by atoms with E-state index in [1.54, 1.807) is 87.0 Å². The number of rotatable bonds is 7. The van der Waals surface area contributed by atoms with Crippen LogP contribution >= 0.6 is 11.6 Å². The van der Waals surface area contributed by atoms with Crippen molar-refractivity contribution in [3.8, 4) is 11.5 Å². The van der Waals surface area contributed by atoms with Gasteiger partial charge in [0.2, 0.25) is 0 Å². The third-order valence-electron chi connectivity index (χ3n) is 4.62. The summed E-state index contributed by atoms with van der Waals surface area (Å²) in [6, 6.07) is 19.8. The van der Waals surface area contributed by atoms with Crippen LogP contribution in [0.1, 0.15) is 18.5 Å². The molecule has 0 unspecified atom stereocenters. The molecule has 0 aliphatic heterocycles. The van der Waals surface area contributed by atoms with Crippen molar-refractivity contribution in [3.63, 3.8) is 0 Å². The van der Waals surface area contributed by atoms with Gasteiger partial charge in [0.25, 0.3) is 10.0 Å². The highest BCUT2D eigenvalue weighted by Crippen LogP contribution is 2.38. The van der Waals surface area contributed by atoms with Gasteiger partial charge in [-0.15, -0.1) is 0 Å². The first-order valence-electron chi connectivity index (χ1n) is 8.95. The first-order chi connectivity index (χ1) is 13.9. The Balaban J connectivity index is 2.20. The van der Waals surface area contributed by atoms with Crippen molar-refractivity contribution < 1.29 is 17.9 Å². The van der Waals surface area contributed by atoms with Crippen LogP contribution in [0, 0.1) is 0 Å². The highest BCUT2D eigenvalue weighted by atomic mass is 35.5. The molecule has 5 nitrogen and oxygen atoms in total. The van der Waals surface area contributed by atoms with Gasteiger partial charge in [-0.1, -0.05) is 29.8 Å². The number of ether oxygens (including phenoxy) is 2. The molecule has 0 aromatic heterocycles. The van der Waals surface area contributed by atoms with Gasteiger partial charge >= 0.3 is 0 Å². The van der Waals surface area contributed by atoms with Crippen molar-refractivity contribution in [1.82, 2.24) is 0 Å². The Hall–Kier alpha value is -2.70. The number of benzene rings is 3. The molecule has 0 saturated heterocycles. The lowest BCUT2D eigenvalue weighted by Crippen LogP contribution is -2.34. The highest BCUT2D eigenvalue weighted by molar-refractivity contribution is 7.92. The van der Waals surface area contributed by atoms with Gasteiger partial charge in [-0.05, 0) is 61.5 Å². The zero-order valence-electron chi connectivity index (χ0n) is 16.4. The molecule has 0 aliphatic rings. The first-order valence-corrected chi connectivity index (χ1v) is 10.8. The summed E-state index contributed by atoms with van der Waals surface area (Å²) in [7, 11) is -0.750. The van der Waals surface area contributed by atoms with Gasteiger partial charge in [-0.3, -0.25) is 4.31 Å². The lowest BCUT2D eigenvalue weighted by Gasteiger charge is -2.32. The van der Waals surface area contributed by atoms with Crippen molar-refractivity contribution in [2.75, 3.05) is 18.5 Å². The molecule has 0 radical (unpaired) electrons. The van der Waals surface area contributed by atoms with E-state index in [-0.39, 0.29) is 4.90 Å². The number of hydrogen-bond donors (Lipinski definition) is 0. The Morgan fingerprint density at radius 3 is 2.14 bits per heavy atom. The van der Waals surface area contributed by atoms with Crippen LogP contribution in [-0.4, -0.2) is 22.6 Å². The van der Waals surface area contributed by atoms with Crippen LogP contribution in [0.5, 0.6) is 11.5 Å². The number of halogens is 1. The maximum atomic E-state index is 13.6. The van der Waals surface area contributed by atoms with Crippen LogP contribution in [-0.2, 0) is 10.0 Å². The molecule has 0 spiro atoms. The zero-order chi connectivity index (χ0) is 21.0. The Morgan fingerprint density at radius 2 is 1.55 bits per heavy atom. The van der Waals surface area contributed by atoms with Gasteiger partial charge < -0.3 is 9.47 Å². The van der Waals surface area contributed by atoms with Crippen molar-refractivity contribution in [3.05, 3.63) is 83.4 Å². The molecular weight excluding hydrogens is 410 g/mol. The molecule has 0 amide bonds. The predicted octanol–water partition coefficient (Wildman–Crippen LogP) is 5.31. The average Bonchev–Trinajstić information content (AvgIpc) is 2.75. The Labute approximate surface area is 176 Å². The lowest BCUT2D eigenvalue weighted by atomic mass is 10.1. The second kappa shape index (κ2) is 8.76. The fourth-order valence-corrected chi connectivity index (χ4v) is 4.94. The van der Waals surface area contributed by atoms with E-state index in [0.717, 1.165) is 0 Å². The minimum Gasteiger partial charge on any atom is -0.497 e. The summed E-state index contributed by atoms with van der Waals surface area (Å²) in [5.74, 6) is 1.18. The Morgan fingerprint density at radius 1 is 0.897 bits per heavy atom. The monoisotopic (exact) mass is 431 g/mol. The SMILES string of the molecule is COc1ccc(OC)c([C@@H](C)N(c2ccc(Cl)cc2)S(=O)(=O)c2ccccc2)c1. The van der Waals surface area contributed by atoms with Crippen molar-refractivity contribution >= 4 is 27.3 Å². The smallest absolute Gasteiger partial charge is 0.264 e. The minimum atomic E-state index is -3.87. The third-order valence-corrected chi connectivity index (χ3v) is 6.78. The fourth-order valence-electron chi connectivity index (χ4n) is 3.16. The number of methoxy groups -OCH3 is 2. The van der Waals surface area contributed by atoms with E-state index in [2.05, 4.69) is 0 Å². The van der Waals surface area contributed by atoms with Crippen LogP contribution in [0.3, 0.4) is 0 Å². The molecule has 0 saturated carbocycles. The maximum absolute atomic E-state index is 13.6. The lowest BCUT2D eigenvalue weighted by molar-refractivity contribution is 0.396. The number of sulfonamides is 1. The summed E-state index contributed by atoms with van der Waals surface area (Å²) < 4.78 is 39.4. The molecule has 0 heterocycles. The van der Waals surface area contributed by atoms with E-state index in [9.17, 15) is 8.42 Å².